The molecule has 1 fully saturated rings. The zero-order valence-electron chi connectivity index (χ0n) is 11.6. The van der Waals surface area contributed by atoms with Gasteiger partial charge in [-0.25, -0.2) is 0 Å². The summed E-state index contributed by atoms with van der Waals surface area (Å²) in [6, 6.07) is 8.79. The standard InChI is InChI=1S/C16H22N2O/c1-12-6-4-9-14(17-12)16(19)18-11-5-8-13-7-2-3-10-15(13)18/h2-3,7,10,12,14,17H,4-6,8-9,11H2,1H3. The van der Waals surface area contributed by atoms with Gasteiger partial charge in [0.2, 0.25) is 5.91 Å². The molecule has 0 aromatic heterocycles. The minimum absolute atomic E-state index is 0.00917. The average molecular weight is 258 g/mol. The minimum Gasteiger partial charge on any atom is -0.311 e. The van der Waals surface area contributed by atoms with Crippen LogP contribution in [0.3, 0.4) is 0 Å². The Morgan fingerprint density at radius 3 is 2.95 bits per heavy atom. The molecule has 1 amide bonds. The first-order valence-electron chi connectivity index (χ1n) is 7.41. The van der Waals surface area contributed by atoms with Gasteiger partial charge in [0.1, 0.15) is 0 Å². The van der Waals surface area contributed by atoms with Crippen molar-refractivity contribution in [2.45, 2.75) is 51.1 Å². The molecule has 0 aliphatic carbocycles. The first kappa shape index (κ1) is 12.7. The summed E-state index contributed by atoms with van der Waals surface area (Å²) < 4.78 is 0. The molecule has 1 aromatic rings. The third-order valence-corrected chi connectivity index (χ3v) is 4.29. The van der Waals surface area contributed by atoms with E-state index in [0.717, 1.165) is 37.9 Å². The Labute approximate surface area is 115 Å². The van der Waals surface area contributed by atoms with Gasteiger partial charge in [-0.1, -0.05) is 18.2 Å². The fourth-order valence-corrected chi connectivity index (χ4v) is 3.28. The fourth-order valence-electron chi connectivity index (χ4n) is 3.28. The average Bonchev–Trinajstić information content (AvgIpc) is 2.46. The number of fused-ring (bicyclic) bond motifs is 1. The fraction of sp³-hybridized carbons (Fsp3) is 0.562. The van der Waals surface area contributed by atoms with E-state index in [-0.39, 0.29) is 11.9 Å². The summed E-state index contributed by atoms with van der Waals surface area (Å²) in [7, 11) is 0. The third kappa shape index (κ3) is 2.52. The molecule has 1 N–H and O–H groups in total. The van der Waals surface area contributed by atoms with Crippen molar-refractivity contribution in [2.75, 3.05) is 11.4 Å². The molecule has 19 heavy (non-hydrogen) atoms. The summed E-state index contributed by atoms with van der Waals surface area (Å²) in [5, 5.41) is 3.45. The molecule has 0 spiro atoms. The maximum atomic E-state index is 12.7. The van der Waals surface area contributed by atoms with Gasteiger partial charge in [0.25, 0.3) is 0 Å². The molecule has 2 heterocycles. The normalized spacial score (nSPS) is 26.9. The molecule has 3 rings (SSSR count). The van der Waals surface area contributed by atoms with Gasteiger partial charge in [-0.3, -0.25) is 4.79 Å². The largest absolute Gasteiger partial charge is 0.311 e. The zero-order chi connectivity index (χ0) is 13.2. The molecule has 0 bridgehead atoms. The number of amides is 1. The number of anilines is 1. The molecule has 2 atom stereocenters. The van der Waals surface area contributed by atoms with Crippen LogP contribution in [0.2, 0.25) is 0 Å². The molecule has 1 saturated heterocycles. The molecule has 0 radical (unpaired) electrons. The number of piperidine rings is 1. The van der Waals surface area contributed by atoms with E-state index >= 15 is 0 Å². The molecule has 1 aromatic carbocycles. The van der Waals surface area contributed by atoms with Gasteiger partial charge in [0, 0.05) is 18.3 Å². The summed E-state index contributed by atoms with van der Waals surface area (Å²) in [6.45, 7) is 3.03. The number of hydrogen-bond acceptors (Lipinski definition) is 2. The highest BCUT2D eigenvalue weighted by Gasteiger charge is 2.30. The van der Waals surface area contributed by atoms with Crippen molar-refractivity contribution < 1.29 is 4.79 Å². The van der Waals surface area contributed by atoms with Crippen LogP contribution < -0.4 is 10.2 Å². The van der Waals surface area contributed by atoms with Crippen LogP contribution in [0.25, 0.3) is 0 Å². The first-order valence-corrected chi connectivity index (χ1v) is 7.41. The summed E-state index contributed by atoms with van der Waals surface area (Å²) in [6.07, 6.45) is 5.47. The van der Waals surface area contributed by atoms with Gasteiger partial charge < -0.3 is 10.2 Å². The monoisotopic (exact) mass is 258 g/mol. The number of nitrogens with one attached hydrogen (secondary N) is 1. The summed E-state index contributed by atoms with van der Waals surface area (Å²) >= 11 is 0. The highest BCUT2D eigenvalue weighted by molar-refractivity contribution is 5.98. The van der Waals surface area contributed by atoms with Crippen LogP contribution in [0.1, 0.15) is 38.2 Å². The quantitative estimate of drug-likeness (QED) is 0.839. The van der Waals surface area contributed by atoms with Crippen LogP contribution in [0.5, 0.6) is 0 Å². The number of carbonyl (C=O) groups is 1. The minimum atomic E-state index is 0.00917. The Kier molecular flexibility index (Phi) is 3.56. The maximum Gasteiger partial charge on any atom is 0.244 e. The Balaban J connectivity index is 1.81. The van der Waals surface area contributed by atoms with Crippen LogP contribution in [-0.2, 0) is 11.2 Å². The van der Waals surface area contributed by atoms with Crippen molar-refractivity contribution in [3.63, 3.8) is 0 Å². The van der Waals surface area contributed by atoms with E-state index in [1.807, 2.05) is 11.0 Å². The predicted molar refractivity (Wildman–Crippen MR) is 77.4 cm³/mol. The maximum absolute atomic E-state index is 12.7. The van der Waals surface area contributed by atoms with Gasteiger partial charge in [-0.2, -0.15) is 0 Å². The number of carbonyl (C=O) groups excluding carboxylic acids is 1. The van der Waals surface area contributed by atoms with Crippen LogP contribution in [0.4, 0.5) is 5.69 Å². The van der Waals surface area contributed by atoms with Gasteiger partial charge in [0.15, 0.2) is 0 Å². The molecule has 0 saturated carbocycles. The zero-order valence-corrected chi connectivity index (χ0v) is 11.6. The van der Waals surface area contributed by atoms with E-state index in [1.165, 1.54) is 12.0 Å². The number of benzene rings is 1. The lowest BCUT2D eigenvalue weighted by molar-refractivity contribution is -0.121. The Hall–Kier alpha value is -1.35. The lowest BCUT2D eigenvalue weighted by Crippen LogP contribution is -2.52. The number of nitrogens with zero attached hydrogens (tertiary/aromatic N) is 1. The van der Waals surface area contributed by atoms with Crippen molar-refractivity contribution >= 4 is 11.6 Å². The highest BCUT2D eigenvalue weighted by atomic mass is 16.2. The second kappa shape index (κ2) is 5.33. The SMILES string of the molecule is CC1CCCC(C(=O)N2CCCc3ccccc32)N1. The number of para-hydroxylation sites is 1. The van der Waals surface area contributed by atoms with E-state index in [4.69, 9.17) is 0 Å². The van der Waals surface area contributed by atoms with Crippen molar-refractivity contribution in [1.29, 1.82) is 0 Å². The van der Waals surface area contributed by atoms with E-state index in [2.05, 4.69) is 30.4 Å². The van der Waals surface area contributed by atoms with Gasteiger partial charge in [-0.05, 0) is 50.7 Å². The number of aryl methyl sites for hydroxylation is 1. The van der Waals surface area contributed by atoms with Crippen molar-refractivity contribution in [1.82, 2.24) is 5.32 Å². The van der Waals surface area contributed by atoms with Crippen molar-refractivity contribution in [3.8, 4) is 0 Å². The van der Waals surface area contributed by atoms with Gasteiger partial charge >= 0.3 is 0 Å². The molecular weight excluding hydrogens is 236 g/mol. The van der Waals surface area contributed by atoms with Gasteiger partial charge in [0.05, 0.1) is 6.04 Å². The molecule has 2 aliphatic rings. The van der Waals surface area contributed by atoms with Crippen LogP contribution >= 0.6 is 0 Å². The Morgan fingerprint density at radius 1 is 1.26 bits per heavy atom. The van der Waals surface area contributed by atoms with Crippen LogP contribution in [-0.4, -0.2) is 24.5 Å². The Morgan fingerprint density at radius 2 is 2.11 bits per heavy atom. The molecule has 2 aliphatic heterocycles. The second-order valence-electron chi connectivity index (χ2n) is 5.77. The Bertz CT molecular complexity index is 472. The molecule has 3 heteroatoms. The number of hydrogen-bond donors (Lipinski definition) is 1. The van der Waals surface area contributed by atoms with E-state index < -0.39 is 0 Å². The molecule has 3 nitrogen and oxygen atoms in total. The van der Waals surface area contributed by atoms with E-state index in [9.17, 15) is 4.79 Å². The molecule has 102 valence electrons. The third-order valence-electron chi connectivity index (χ3n) is 4.29. The van der Waals surface area contributed by atoms with Crippen molar-refractivity contribution in [3.05, 3.63) is 29.8 Å². The summed E-state index contributed by atoms with van der Waals surface area (Å²) in [5.74, 6) is 0.263. The summed E-state index contributed by atoms with van der Waals surface area (Å²) in [5.41, 5.74) is 2.43. The van der Waals surface area contributed by atoms with Gasteiger partial charge in [-0.15, -0.1) is 0 Å². The molecule has 2 unspecified atom stereocenters. The molecular formula is C16H22N2O. The predicted octanol–water partition coefficient (Wildman–Crippen LogP) is 2.50. The smallest absolute Gasteiger partial charge is 0.244 e. The van der Waals surface area contributed by atoms with Crippen LogP contribution in [0, 0.1) is 0 Å². The first-order chi connectivity index (χ1) is 9.25. The van der Waals surface area contributed by atoms with Crippen molar-refractivity contribution in [2.24, 2.45) is 0 Å². The van der Waals surface area contributed by atoms with Crippen LogP contribution in [0.15, 0.2) is 24.3 Å². The number of rotatable bonds is 1. The lowest BCUT2D eigenvalue weighted by Gasteiger charge is -2.35. The van der Waals surface area contributed by atoms with E-state index in [1.54, 1.807) is 0 Å². The van der Waals surface area contributed by atoms with E-state index in [0.29, 0.717) is 6.04 Å². The lowest BCUT2D eigenvalue weighted by atomic mass is 9.96. The summed E-state index contributed by atoms with van der Waals surface area (Å²) in [4.78, 5) is 14.7. The highest BCUT2D eigenvalue weighted by Crippen LogP contribution is 2.28. The topological polar surface area (TPSA) is 32.3 Å². The second-order valence-corrected chi connectivity index (χ2v) is 5.77.